The average molecular weight is 856 g/mol. The maximum Gasteiger partial charge on any atom is 0.344 e. The summed E-state index contributed by atoms with van der Waals surface area (Å²) >= 11 is 0. The minimum atomic E-state index is -0.596. The Hall–Kier alpha value is -7.68. The molecule has 0 fully saturated rings. The van der Waals surface area contributed by atoms with Gasteiger partial charge >= 0.3 is 17.9 Å². The number of aromatic nitrogens is 3. The average Bonchev–Trinajstić information content (AvgIpc) is 3.31. The molecule has 0 radical (unpaired) electrons. The van der Waals surface area contributed by atoms with Crippen LogP contribution in [0.5, 0.6) is 34.5 Å². The van der Waals surface area contributed by atoms with Crippen LogP contribution in [0.4, 0.5) is 0 Å². The van der Waals surface area contributed by atoms with E-state index in [0.717, 1.165) is 16.7 Å². The minimum Gasteiger partial charge on any atom is -0.485 e. The second-order valence-corrected chi connectivity index (χ2v) is 13.8. The zero-order valence-electron chi connectivity index (χ0n) is 35.0. The van der Waals surface area contributed by atoms with Gasteiger partial charge in [-0.3, -0.25) is 15.0 Å². The van der Waals surface area contributed by atoms with Crippen LogP contribution in [0, 0.1) is 0 Å². The van der Waals surface area contributed by atoms with Crippen LogP contribution >= 0.6 is 0 Å². The van der Waals surface area contributed by atoms with Crippen LogP contribution in [0.25, 0.3) is 33.4 Å². The van der Waals surface area contributed by atoms with Gasteiger partial charge in [-0.05, 0) is 92.1 Å². The van der Waals surface area contributed by atoms with Gasteiger partial charge < -0.3 is 42.6 Å². The van der Waals surface area contributed by atoms with E-state index in [-0.39, 0.29) is 74.1 Å². The molecular weight excluding hydrogens is 811 g/mol. The molecule has 1 aliphatic rings. The number of fused-ring (bicyclic) bond motifs is 6. The molecule has 15 nitrogen and oxygen atoms in total. The third kappa shape index (κ3) is 11.2. The van der Waals surface area contributed by atoms with Gasteiger partial charge in [0.25, 0.3) is 0 Å². The highest BCUT2D eigenvalue weighted by Crippen LogP contribution is 2.44. The lowest BCUT2D eigenvalue weighted by Gasteiger charge is -2.20. The summed E-state index contributed by atoms with van der Waals surface area (Å²) in [4.78, 5) is 51.4. The van der Waals surface area contributed by atoms with Gasteiger partial charge in [-0.25, -0.2) is 14.4 Å². The molecule has 63 heavy (non-hydrogen) atoms. The molecule has 6 bridgehead atoms. The Morgan fingerprint density at radius 2 is 0.762 bits per heavy atom. The second-order valence-electron chi connectivity index (χ2n) is 13.8. The van der Waals surface area contributed by atoms with Crippen molar-refractivity contribution in [3.63, 3.8) is 0 Å². The minimum absolute atomic E-state index is 0.137. The van der Waals surface area contributed by atoms with Crippen molar-refractivity contribution in [2.75, 3.05) is 39.6 Å². The Balaban J connectivity index is 1.48. The van der Waals surface area contributed by atoms with Crippen LogP contribution in [0.1, 0.15) is 37.5 Å². The van der Waals surface area contributed by atoms with E-state index in [0.29, 0.717) is 33.4 Å². The van der Waals surface area contributed by atoms with Crippen LogP contribution in [0.15, 0.2) is 110 Å². The highest BCUT2D eigenvalue weighted by molar-refractivity contribution is 5.75. The fraction of sp³-hybridized carbons (Fsp3) is 0.250. The highest BCUT2D eigenvalue weighted by atomic mass is 16.6. The van der Waals surface area contributed by atoms with Gasteiger partial charge in [0.05, 0.1) is 19.8 Å². The Morgan fingerprint density at radius 1 is 0.460 bits per heavy atom. The van der Waals surface area contributed by atoms with Crippen LogP contribution in [-0.2, 0) is 48.4 Å². The smallest absolute Gasteiger partial charge is 0.344 e. The first-order valence-electron chi connectivity index (χ1n) is 20.3. The van der Waals surface area contributed by atoms with E-state index in [2.05, 4.69) is 15.0 Å². The predicted molar refractivity (Wildman–Crippen MR) is 228 cm³/mol. The van der Waals surface area contributed by atoms with Crippen molar-refractivity contribution in [2.24, 2.45) is 0 Å². The normalized spacial score (nSPS) is 11.9. The summed E-state index contributed by atoms with van der Waals surface area (Å²) < 4.78 is 54.4. The summed E-state index contributed by atoms with van der Waals surface area (Å²) in [7, 11) is 0. The van der Waals surface area contributed by atoms with E-state index in [9.17, 15) is 14.4 Å². The fourth-order valence-electron chi connectivity index (χ4n) is 6.68. The Labute approximate surface area is 363 Å². The number of esters is 3. The van der Waals surface area contributed by atoms with Crippen LogP contribution in [-0.4, -0.2) is 72.5 Å². The lowest BCUT2D eigenvalue weighted by molar-refractivity contribution is -0.146. The molecule has 0 aliphatic carbocycles. The maximum absolute atomic E-state index is 12.8. The molecule has 3 aromatic carbocycles. The van der Waals surface area contributed by atoms with Gasteiger partial charge in [0.2, 0.25) is 0 Å². The molecule has 6 aromatic rings. The number of pyridine rings is 3. The molecule has 0 spiro atoms. The molecule has 0 atom stereocenters. The molecular formula is C48H45N3O12. The van der Waals surface area contributed by atoms with Crippen LogP contribution in [0.3, 0.4) is 0 Å². The zero-order valence-corrected chi connectivity index (χ0v) is 35.0. The fourth-order valence-corrected chi connectivity index (χ4v) is 6.68. The summed E-state index contributed by atoms with van der Waals surface area (Å²) in [5.74, 6) is -0.494. The van der Waals surface area contributed by atoms with Gasteiger partial charge in [-0.15, -0.1) is 0 Å². The topological polar surface area (TPSA) is 173 Å². The number of hydrogen-bond donors (Lipinski definition) is 0. The molecule has 3 aromatic heterocycles. The monoisotopic (exact) mass is 855 g/mol. The summed E-state index contributed by atoms with van der Waals surface area (Å²) in [5, 5.41) is 0. The third-order valence-corrected chi connectivity index (χ3v) is 9.45. The van der Waals surface area contributed by atoms with Gasteiger partial charge in [-0.2, -0.15) is 0 Å². The third-order valence-electron chi connectivity index (χ3n) is 9.45. The van der Waals surface area contributed by atoms with Crippen molar-refractivity contribution in [1.82, 2.24) is 15.0 Å². The van der Waals surface area contributed by atoms with Gasteiger partial charge in [0.15, 0.2) is 54.3 Å². The summed E-state index contributed by atoms with van der Waals surface area (Å²) in [6.45, 7) is 3.82. The lowest BCUT2D eigenvalue weighted by Crippen LogP contribution is -2.17. The van der Waals surface area contributed by atoms with E-state index in [1.165, 1.54) is 0 Å². The Bertz CT molecular complexity index is 2170. The number of hydrogen-bond acceptors (Lipinski definition) is 15. The first-order valence-corrected chi connectivity index (χ1v) is 20.3. The van der Waals surface area contributed by atoms with Crippen LogP contribution < -0.4 is 28.4 Å². The highest BCUT2D eigenvalue weighted by Gasteiger charge is 2.25. The lowest BCUT2D eigenvalue weighted by atomic mass is 10.0. The molecule has 7 rings (SSSR count). The van der Waals surface area contributed by atoms with Crippen molar-refractivity contribution in [1.29, 1.82) is 0 Å². The van der Waals surface area contributed by atoms with Crippen LogP contribution in [0.2, 0.25) is 0 Å². The molecule has 0 unspecified atom stereocenters. The second kappa shape index (κ2) is 21.2. The number of carbonyl (C=O) groups excluding carboxylic acids is 3. The summed E-state index contributed by atoms with van der Waals surface area (Å²) in [5.41, 5.74) is 5.79. The maximum atomic E-state index is 12.8. The predicted octanol–water partition coefficient (Wildman–Crippen LogP) is 7.75. The Kier molecular flexibility index (Phi) is 14.6. The first kappa shape index (κ1) is 43.4. The molecule has 324 valence electrons. The first-order chi connectivity index (χ1) is 30.8. The Morgan fingerprint density at radius 3 is 1.02 bits per heavy atom. The zero-order chi connectivity index (χ0) is 44.0. The van der Waals surface area contributed by atoms with Crippen molar-refractivity contribution >= 4 is 17.9 Å². The largest absolute Gasteiger partial charge is 0.485 e. The SMILES string of the molecule is CCOC(=O)COc1c2cc(-c3cccnc3)cc1OCc1cc(-c3cccnc3)cc(c1OCC(=O)OCC)OCc1cc(-c3cccnc3)cc(c1OCC(=O)OCC)OC2. The quantitative estimate of drug-likeness (QED) is 0.0724. The molecule has 4 heterocycles. The summed E-state index contributed by atoms with van der Waals surface area (Å²) in [6.07, 6.45) is 10.1. The molecule has 0 amide bonds. The number of nitrogens with zero attached hydrogens (tertiary/aromatic N) is 3. The van der Waals surface area contributed by atoms with Gasteiger partial charge in [0.1, 0.15) is 19.8 Å². The number of rotatable bonds is 15. The van der Waals surface area contributed by atoms with E-state index >= 15 is 0 Å². The van der Waals surface area contributed by atoms with Crippen molar-refractivity contribution in [3.05, 3.63) is 127 Å². The number of ether oxygens (including phenoxy) is 9. The molecule has 1 aliphatic heterocycles. The van der Waals surface area contributed by atoms with Crippen molar-refractivity contribution < 1.29 is 57.0 Å². The molecule has 15 heteroatoms. The molecule has 0 saturated heterocycles. The van der Waals surface area contributed by atoms with E-state index in [1.807, 2.05) is 54.6 Å². The van der Waals surface area contributed by atoms with E-state index in [1.54, 1.807) is 76.2 Å². The van der Waals surface area contributed by atoms with Crippen molar-refractivity contribution in [2.45, 2.75) is 40.6 Å². The standard InChI is InChI=1S/C48H45N3O12/c1-4-55-43(52)28-61-46-37-16-34(31-10-7-13-49-22-31)19-40(46)58-26-38-17-35(32-11-8-14-50-23-32)21-42(47(38)62-29-44(53)56-5-2)60-27-39-18-36(33-12-9-15-51-24-33)20-41(59-25-37)48(39)63-30-45(54)57-6-3/h7-24H,4-6,25-30H2,1-3H3. The molecule has 0 saturated carbocycles. The number of benzene rings is 3. The van der Waals surface area contributed by atoms with Gasteiger partial charge in [-0.1, -0.05) is 18.2 Å². The molecule has 0 N–H and O–H groups in total. The van der Waals surface area contributed by atoms with Crippen molar-refractivity contribution in [3.8, 4) is 67.9 Å². The number of carbonyl (C=O) groups is 3. The van der Waals surface area contributed by atoms with E-state index < -0.39 is 37.7 Å². The van der Waals surface area contributed by atoms with Gasteiger partial charge in [0, 0.05) is 70.6 Å². The van der Waals surface area contributed by atoms with E-state index in [4.69, 9.17) is 42.6 Å². The summed E-state index contributed by atoms with van der Waals surface area (Å²) in [6, 6.07) is 22.0.